The van der Waals surface area contributed by atoms with E-state index < -0.39 is 18.0 Å². The summed E-state index contributed by atoms with van der Waals surface area (Å²) in [6.07, 6.45) is 2.05. The normalized spacial score (nSPS) is 11.8. The molecule has 0 aliphatic carbocycles. The lowest BCUT2D eigenvalue weighted by molar-refractivity contribution is -0.123. The van der Waals surface area contributed by atoms with Gasteiger partial charge in [-0.25, -0.2) is 14.8 Å². The van der Waals surface area contributed by atoms with E-state index in [1.165, 1.54) is 13.2 Å². The van der Waals surface area contributed by atoms with Gasteiger partial charge in [-0.2, -0.15) is 0 Å². The summed E-state index contributed by atoms with van der Waals surface area (Å²) in [5.74, 6) is -0.111. The standard InChI is InChI=1S/C26H18ClN3O5/c1-15(25(31)28-18-6-2-5-17(27)14-18)35-26(32)16-9-10-19-20(13-16)30-24(22-8-4-12-34-22)23(29-19)21-7-3-11-33-21/h2-15H,1H3,(H,28,31). The smallest absolute Gasteiger partial charge is 0.338 e. The Bertz CT molecular complexity index is 1510. The highest BCUT2D eigenvalue weighted by molar-refractivity contribution is 6.30. The minimum absolute atomic E-state index is 0.227. The highest BCUT2D eigenvalue weighted by Gasteiger charge is 2.21. The zero-order valence-electron chi connectivity index (χ0n) is 18.4. The Morgan fingerprint density at radius 3 is 2.20 bits per heavy atom. The van der Waals surface area contributed by atoms with Crippen molar-refractivity contribution in [1.29, 1.82) is 0 Å². The molecule has 0 fully saturated rings. The van der Waals surface area contributed by atoms with Gasteiger partial charge in [0.2, 0.25) is 0 Å². The number of halogens is 1. The van der Waals surface area contributed by atoms with Crippen molar-refractivity contribution in [1.82, 2.24) is 9.97 Å². The van der Waals surface area contributed by atoms with Crippen LogP contribution in [-0.2, 0) is 9.53 Å². The van der Waals surface area contributed by atoms with Crippen LogP contribution in [0.25, 0.3) is 33.9 Å². The first-order valence-corrected chi connectivity index (χ1v) is 11.0. The highest BCUT2D eigenvalue weighted by atomic mass is 35.5. The second-order valence-corrected chi connectivity index (χ2v) is 8.06. The summed E-state index contributed by atoms with van der Waals surface area (Å²) in [7, 11) is 0. The molecule has 5 rings (SSSR count). The first-order chi connectivity index (χ1) is 17.0. The van der Waals surface area contributed by atoms with E-state index in [0.29, 0.717) is 44.7 Å². The summed E-state index contributed by atoms with van der Waals surface area (Å²) in [5.41, 5.74) is 2.72. The third-order valence-electron chi connectivity index (χ3n) is 5.15. The maximum absolute atomic E-state index is 12.8. The summed E-state index contributed by atoms with van der Waals surface area (Å²) in [6, 6.07) is 18.5. The van der Waals surface area contributed by atoms with Gasteiger partial charge in [0.25, 0.3) is 5.91 Å². The van der Waals surface area contributed by atoms with E-state index in [9.17, 15) is 9.59 Å². The predicted molar refractivity (Wildman–Crippen MR) is 130 cm³/mol. The molecule has 1 N–H and O–H groups in total. The maximum Gasteiger partial charge on any atom is 0.338 e. The Hall–Kier alpha value is -4.43. The lowest BCUT2D eigenvalue weighted by atomic mass is 10.1. The van der Waals surface area contributed by atoms with Gasteiger partial charge in [0.1, 0.15) is 11.4 Å². The topological polar surface area (TPSA) is 107 Å². The van der Waals surface area contributed by atoms with Crippen molar-refractivity contribution in [3.05, 3.63) is 89.8 Å². The van der Waals surface area contributed by atoms with Gasteiger partial charge in [0.05, 0.1) is 29.1 Å². The van der Waals surface area contributed by atoms with E-state index in [0.717, 1.165) is 0 Å². The monoisotopic (exact) mass is 487 g/mol. The molecule has 0 bridgehead atoms. The number of aromatic nitrogens is 2. The van der Waals surface area contributed by atoms with E-state index in [-0.39, 0.29) is 5.56 Å². The SMILES string of the molecule is CC(OC(=O)c1ccc2nc(-c3ccco3)c(-c3ccco3)nc2c1)C(=O)Nc1cccc(Cl)c1. The van der Waals surface area contributed by atoms with Crippen molar-refractivity contribution in [2.45, 2.75) is 13.0 Å². The molecule has 0 aliphatic rings. The van der Waals surface area contributed by atoms with E-state index in [1.54, 1.807) is 73.0 Å². The zero-order chi connectivity index (χ0) is 24.4. The Morgan fingerprint density at radius 2 is 1.57 bits per heavy atom. The Balaban J connectivity index is 1.40. The molecule has 0 saturated heterocycles. The van der Waals surface area contributed by atoms with Crippen LogP contribution in [0.3, 0.4) is 0 Å². The van der Waals surface area contributed by atoms with Crippen molar-refractivity contribution < 1.29 is 23.2 Å². The first-order valence-electron chi connectivity index (χ1n) is 10.6. The summed E-state index contributed by atoms with van der Waals surface area (Å²) in [6.45, 7) is 1.49. The number of furan rings is 2. The van der Waals surface area contributed by atoms with Crippen LogP contribution in [-0.4, -0.2) is 27.9 Å². The van der Waals surface area contributed by atoms with Crippen molar-refractivity contribution in [2.24, 2.45) is 0 Å². The number of ether oxygens (including phenoxy) is 1. The summed E-state index contributed by atoms with van der Waals surface area (Å²) >= 11 is 5.94. The average molecular weight is 488 g/mol. The van der Waals surface area contributed by atoms with Gasteiger partial charge < -0.3 is 18.9 Å². The molecule has 3 aromatic heterocycles. The average Bonchev–Trinajstić information content (AvgIpc) is 3.57. The lowest BCUT2D eigenvalue weighted by Crippen LogP contribution is -2.30. The molecule has 0 spiro atoms. The van der Waals surface area contributed by atoms with Gasteiger partial charge in [-0.05, 0) is 67.6 Å². The molecule has 0 saturated carbocycles. The minimum atomic E-state index is -1.04. The number of carbonyl (C=O) groups excluding carboxylic acids is 2. The molecule has 0 aliphatic heterocycles. The van der Waals surface area contributed by atoms with Crippen molar-refractivity contribution in [2.75, 3.05) is 5.32 Å². The van der Waals surface area contributed by atoms with E-state index in [4.69, 9.17) is 25.2 Å². The fourth-order valence-corrected chi connectivity index (χ4v) is 3.63. The molecule has 3 heterocycles. The molecule has 0 radical (unpaired) electrons. The summed E-state index contributed by atoms with van der Waals surface area (Å²) in [4.78, 5) is 34.6. The number of hydrogen-bond acceptors (Lipinski definition) is 7. The first kappa shape index (κ1) is 22.4. The largest absolute Gasteiger partial charge is 0.463 e. The minimum Gasteiger partial charge on any atom is -0.463 e. The van der Waals surface area contributed by atoms with Crippen molar-refractivity contribution in [3.63, 3.8) is 0 Å². The molecule has 174 valence electrons. The maximum atomic E-state index is 12.8. The van der Waals surface area contributed by atoms with E-state index in [1.807, 2.05) is 0 Å². The molecular formula is C26H18ClN3O5. The van der Waals surface area contributed by atoms with Crippen LogP contribution >= 0.6 is 11.6 Å². The van der Waals surface area contributed by atoms with Crippen molar-refractivity contribution >= 4 is 40.2 Å². The molecule has 1 atom stereocenters. The number of rotatable bonds is 6. The van der Waals surface area contributed by atoms with Crippen LogP contribution in [0.15, 0.2) is 88.1 Å². The third kappa shape index (κ3) is 4.78. The molecule has 2 aromatic carbocycles. The molecule has 8 nitrogen and oxygen atoms in total. The van der Waals surface area contributed by atoms with Crippen molar-refractivity contribution in [3.8, 4) is 22.9 Å². The Morgan fingerprint density at radius 1 is 0.886 bits per heavy atom. The molecule has 1 unspecified atom stereocenters. The third-order valence-corrected chi connectivity index (χ3v) is 5.39. The van der Waals surface area contributed by atoms with Crippen LogP contribution in [0, 0.1) is 0 Å². The highest BCUT2D eigenvalue weighted by Crippen LogP contribution is 2.31. The fourth-order valence-electron chi connectivity index (χ4n) is 3.44. The van der Waals surface area contributed by atoms with Crippen LogP contribution < -0.4 is 5.32 Å². The summed E-state index contributed by atoms with van der Waals surface area (Å²) in [5, 5.41) is 3.15. The quantitative estimate of drug-likeness (QED) is 0.293. The Kier molecular flexibility index (Phi) is 6.03. The van der Waals surface area contributed by atoms with Gasteiger partial charge in [-0.1, -0.05) is 17.7 Å². The lowest BCUT2D eigenvalue weighted by Gasteiger charge is -2.14. The van der Waals surface area contributed by atoms with Gasteiger partial charge in [-0.3, -0.25) is 4.79 Å². The molecule has 1 amide bonds. The van der Waals surface area contributed by atoms with Gasteiger partial charge in [0, 0.05) is 10.7 Å². The fraction of sp³-hybridized carbons (Fsp3) is 0.0769. The molecule has 9 heteroatoms. The number of benzene rings is 2. The number of fused-ring (bicyclic) bond motifs is 1. The number of amides is 1. The van der Waals surface area contributed by atoms with Gasteiger partial charge in [0.15, 0.2) is 17.6 Å². The van der Waals surface area contributed by atoms with Crippen LogP contribution in [0.4, 0.5) is 5.69 Å². The number of carbonyl (C=O) groups is 2. The van der Waals surface area contributed by atoms with Crippen LogP contribution in [0.1, 0.15) is 17.3 Å². The second-order valence-electron chi connectivity index (χ2n) is 7.63. The van der Waals surface area contributed by atoms with Gasteiger partial charge >= 0.3 is 5.97 Å². The Labute approximate surface area is 204 Å². The molecular weight excluding hydrogens is 470 g/mol. The van der Waals surface area contributed by atoms with E-state index >= 15 is 0 Å². The number of nitrogens with zero attached hydrogens (tertiary/aromatic N) is 2. The zero-order valence-corrected chi connectivity index (χ0v) is 19.2. The number of hydrogen-bond donors (Lipinski definition) is 1. The van der Waals surface area contributed by atoms with Crippen LogP contribution in [0.5, 0.6) is 0 Å². The molecule has 35 heavy (non-hydrogen) atoms. The molecule has 5 aromatic rings. The number of anilines is 1. The van der Waals surface area contributed by atoms with Gasteiger partial charge in [-0.15, -0.1) is 0 Å². The summed E-state index contributed by atoms with van der Waals surface area (Å²) < 4.78 is 16.4. The predicted octanol–water partition coefficient (Wildman–Crippen LogP) is 5.99. The second kappa shape index (κ2) is 9.44. The number of esters is 1. The van der Waals surface area contributed by atoms with Crippen LogP contribution in [0.2, 0.25) is 5.02 Å². The number of nitrogens with one attached hydrogen (secondary N) is 1. The van der Waals surface area contributed by atoms with E-state index in [2.05, 4.69) is 15.3 Å².